The molecule has 0 unspecified atom stereocenters. The lowest BCUT2D eigenvalue weighted by molar-refractivity contribution is 1.13. The predicted molar refractivity (Wildman–Crippen MR) is 82.9 cm³/mol. The highest BCUT2D eigenvalue weighted by Crippen LogP contribution is 2.26. The summed E-state index contributed by atoms with van der Waals surface area (Å²) in [5.41, 5.74) is 9.91. The fourth-order valence-electron chi connectivity index (χ4n) is 1.61. The van der Waals surface area contributed by atoms with Gasteiger partial charge in [-0.1, -0.05) is 12.1 Å². The maximum absolute atomic E-state index is 5.88. The highest BCUT2D eigenvalue weighted by Gasteiger charge is 2.02. The molecule has 0 amide bonds. The van der Waals surface area contributed by atoms with Crippen molar-refractivity contribution in [1.82, 2.24) is 4.98 Å². The maximum atomic E-state index is 5.88. The molecule has 0 bridgehead atoms. The largest absolute Gasteiger partial charge is 0.397 e. The number of nitrogens with two attached hydrogens (primary N) is 1. The molecule has 3 nitrogen and oxygen atoms in total. The molecule has 0 aliphatic heterocycles. The van der Waals surface area contributed by atoms with Crippen molar-refractivity contribution in [2.45, 2.75) is 0 Å². The minimum absolute atomic E-state index is 0. The van der Waals surface area contributed by atoms with Crippen molar-refractivity contribution in [1.29, 1.82) is 0 Å². The second kappa shape index (κ2) is 7.09. The van der Waals surface area contributed by atoms with Gasteiger partial charge in [0.15, 0.2) is 0 Å². The summed E-state index contributed by atoms with van der Waals surface area (Å²) in [4.78, 5) is 6.05. The minimum atomic E-state index is 0. The van der Waals surface area contributed by atoms with Crippen LogP contribution in [0.2, 0.25) is 0 Å². The van der Waals surface area contributed by atoms with Crippen LogP contribution in [-0.2, 0) is 0 Å². The molecule has 18 heavy (non-hydrogen) atoms. The second-order valence-electron chi connectivity index (χ2n) is 3.90. The zero-order valence-electron chi connectivity index (χ0n) is 10.3. The number of hydrogen-bond donors (Lipinski definition) is 1. The molecule has 98 valence electrons. The van der Waals surface area contributed by atoms with Crippen molar-refractivity contribution in [3.8, 4) is 11.1 Å². The van der Waals surface area contributed by atoms with E-state index < -0.39 is 0 Å². The highest BCUT2D eigenvalue weighted by atomic mass is 35.5. The van der Waals surface area contributed by atoms with Crippen LogP contribution < -0.4 is 10.6 Å². The van der Waals surface area contributed by atoms with Crippen LogP contribution in [-0.4, -0.2) is 19.1 Å². The van der Waals surface area contributed by atoms with Crippen molar-refractivity contribution < 1.29 is 0 Å². The number of nitrogen functional groups attached to an aromatic ring is 1. The molecule has 0 fully saturated rings. The van der Waals surface area contributed by atoms with Gasteiger partial charge in [-0.25, -0.2) is 0 Å². The Morgan fingerprint density at radius 3 is 2.11 bits per heavy atom. The topological polar surface area (TPSA) is 42.2 Å². The standard InChI is InChI=1S/C13H15N3.2ClH/c1-16(2)11-5-3-10(4-6-11)12-7-8-15-9-13(12)14;;/h3-9H,14H2,1-2H3;2*1H. The van der Waals surface area contributed by atoms with Gasteiger partial charge in [-0.3, -0.25) is 4.98 Å². The lowest BCUT2D eigenvalue weighted by Gasteiger charge is -2.13. The smallest absolute Gasteiger partial charge is 0.0580 e. The van der Waals surface area contributed by atoms with Gasteiger partial charge in [0.2, 0.25) is 0 Å². The summed E-state index contributed by atoms with van der Waals surface area (Å²) in [5, 5.41) is 0. The Hall–Kier alpha value is -1.45. The number of hydrogen-bond acceptors (Lipinski definition) is 3. The molecular formula is C13H17Cl2N3. The van der Waals surface area contributed by atoms with Gasteiger partial charge >= 0.3 is 0 Å². The van der Waals surface area contributed by atoms with Crippen molar-refractivity contribution in [3.63, 3.8) is 0 Å². The van der Waals surface area contributed by atoms with Crippen LogP contribution in [0.15, 0.2) is 42.7 Å². The Morgan fingerprint density at radius 1 is 1.00 bits per heavy atom. The maximum Gasteiger partial charge on any atom is 0.0580 e. The van der Waals surface area contributed by atoms with Crippen LogP contribution in [0, 0.1) is 0 Å². The molecule has 1 heterocycles. The average molecular weight is 286 g/mol. The van der Waals surface area contributed by atoms with E-state index in [9.17, 15) is 0 Å². The van der Waals surface area contributed by atoms with Gasteiger partial charge < -0.3 is 10.6 Å². The molecule has 5 heteroatoms. The second-order valence-corrected chi connectivity index (χ2v) is 3.90. The third kappa shape index (κ3) is 3.52. The monoisotopic (exact) mass is 285 g/mol. The summed E-state index contributed by atoms with van der Waals surface area (Å²) in [6.45, 7) is 0. The summed E-state index contributed by atoms with van der Waals surface area (Å²) >= 11 is 0. The number of nitrogens with zero attached hydrogens (tertiary/aromatic N) is 2. The molecule has 0 aliphatic rings. The first-order chi connectivity index (χ1) is 7.68. The quantitative estimate of drug-likeness (QED) is 0.921. The third-order valence-electron chi connectivity index (χ3n) is 2.55. The van der Waals surface area contributed by atoms with E-state index in [0.29, 0.717) is 5.69 Å². The van der Waals surface area contributed by atoms with Gasteiger partial charge in [-0.15, -0.1) is 24.8 Å². The first-order valence-corrected chi connectivity index (χ1v) is 5.16. The summed E-state index contributed by atoms with van der Waals surface area (Å²) in [6.07, 6.45) is 3.43. The molecule has 2 N–H and O–H groups in total. The van der Waals surface area contributed by atoms with E-state index in [0.717, 1.165) is 11.1 Å². The number of rotatable bonds is 2. The zero-order chi connectivity index (χ0) is 11.5. The van der Waals surface area contributed by atoms with Gasteiger partial charge in [0, 0.05) is 31.5 Å². The summed E-state index contributed by atoms with van der Waals surface area (Å²) in [5.74, 6) is 0. The van der Waals surface area contributed by atoms with Crippen molar-refractivity contribution in [2.24, 2.45) is 0 Å². The van der Waals surface area contributed by atoms with E-state index >= 15 is 0 Å². The van der Waals surface area contributed by atoms with Crippen molar-refractivity contribution in [2.75, 3.05) is 24.7 Å². The Kier molecular flexibility index (Phi) is 6.52. The first-order valence-electron chi connectivity index (χ1n) is 5.16. The first kappa shape index (κ1) is 16.6. The van der Waals surface area contributed by atoms with Gasteiger partial charge in [0.1, 0.15) is 0 Å². The molecule has 2 aromatic rings. The number of aromatic nitrogens is 1. The van der Waals surface area contributed by atoms with Crippen LogP contribution in [0.5, 0.6) is 0 Å². The van der Waals surface area contributed by atoms with Gasteiger partial charge in [0.05, 0.1) is 11.9 Å². The molecule has 0 aliphatic carbocycles. The third-order valence-corrected chi connectivity index (χ3v) is 2.55. The van der Waals surface area contributed by atoms with Crippen LogP contribution in [0.1, 0.15) is 0 Å². The zero-order valence-corrected chi connectivity index (χ0v) is 12.0. The average Bonchev–Trinajstić information content (AvgIpc) is 2.30. The van der Waals surface area contributed by atoms with Gasteiger partial charge in [-0.2, -0.15) is 0 Å². The molecule has 1 aromatic carbocycles. The summed E-state index contributed by atoms with van der Waals surface area (Å²) < 4.78 is 0. The normalized spacial score (nSPS) is 9.00. The fraction of sp³-hybridized carbons (Fsp3) is 0.154. The van der Waals surface area contributed by atoms with E-state index in [1.165, 1.54) is 5.69 Å². The predicted octanol–water partition coefficient (Wildman–Crippen LogP) is 3.24. The lowest BCUT2D eigenvalue weighted by Crippen LogP contribution is -2.07. The van der Waals surface area contributed by atoms with Crippen LogP contribution in [0.3, 0.4) is 0 Å². The number of halogens is 2. The Labute approximate surface area is 120 Å². The van der Waals surface area contributed by atoms with Crippen molar-refractivity contribution >= 4 is 36.2 Å². The fourth-order valence-corrected chi connectivity index (χ4v) is 1.61. The Morgan fingerprint density at radius 2 is 1.61 bits per heavy atom. The number of anilines is 2. The van der Waals surface area contributed by atoms with E-state index in [4.69, 9.17) is 5.73 Å². The van der Waals surface area contributed by atoms with Gasteiger partial charge in [0.25, 0.3) is 0 Å². The van der Waals surface area contributed by atoms with E-state index in [1.54, 1.807) is 12.4 Å². The minimum Gasteiger partial charge on any atom is -0.397 e. The molecule has 2 rings (SSSR count). The lowest BCUT2D eigenvalue weighted by atomic mass is 10.1. The summed E-state index contributed by atoms with van der Waals surface area (Å²) in [6, 6.07) is 10.2. The van der Waals surface area contributed by atoms with E-state index in [1.807, 2.05) is 20.2 Å². The molecule has 0 saturated heterocycles. The van der Waals surface area contributed by atoms with Crippen LogP contribution >= 0.6 is 24.8 Å². The molecule has 0 spiro atoms. The Balaban J connectivity index is 0.00000144. The van der Waals surface area contributed by atoms with E-state index in [-0.39, 0.29) is 24.8 Å². The molecule has 1 aromatic heterocycles. The molecule has 0 saturated carbocycles. The van der Waals surface area contributed by atoms with Crippen LogP contribution in [0.4, 0.5) is 11.4 Å². The van der Waals surface area contributed by atoms with Gasteiger partial charge in [-0.05, 0) is 23.8 Å². The highest BCUT2D eigenvalue weighted by molar-refractivity contribution is 5.85. The summed E-state index contributed by atoms with van der Waals surface area (Å²) in [7, 11) is 4.05. The van der Waals surface area contributed by atoms with Crippen LogP contribution in [0.25, 0.3) is 11.1 Å². The number of pyridine rings is 1. The molecule has 0 radical (unpaired) electrons. The molecule has 0 atom stereocenters. The SMILES string of the molecule is CN(C)c1ccc(-c2ccncc2N)cc1.Cl.Cl. The van der Waals surface area contributed by atoms with Crippen molar-refractivity contribution in [3.05, 3.63) is 42.7 Å². The molecular weight excluding hydrogens is 269 g/mol. The Bertz CT molecular complexity index is 484. The number of benzene rings is 1. The van der Waals surface area contributed by atoms with E-state index in [2.05, 4.69) is 34.1 Å².